The Labute approximate surface area is 101 Å². The van der Waals surface area contributed by atoms with E-state index in [1.807, 2.05) is 24.3 Å². The molecule has 2 aromatic carbocycles. The van der Waals surface area contributed by atoms with Crippen LogP contribution in [-0.2, 0) is 0 Å². The lowest BCUT2D eigenvalue weighted by Crippen LogP contribution is -2.29. The molecule has 0 unspecified atom stereocenters. The molecule has 0 radical (unpaired) electrons. The van der Waals surface area contributed by atoms with Crippen molar-refractivity contribution in [2.75, 3.05) is 6.61 Å². The van der Waals surface area contributed by atoms with Gasteiger partial charge < -0.3 is 14.8 Å². The maximum absolute atomic E-state index is 9.08. The van der Waals surface area contributed by atoms with Crippen molar-refractivity contribution in [1.82, 2.24) is 0 Å². The zero-order valence-corrected chi connectivity index (χ0v) is 9.76. The molecule has 0 heterocycles. The molecule has 0 saturated heterocycles. The van der Waals surface area contributed by atoms with Crippen LogP contribution in [0.1, 0.15) is 13.3 Å². The summed E-state index contributed by atoms with van der Waals surface area (Å²) in [7, 11) is -1.42. The third kappa shape index (κ3) is 2.78. The number of benzene rings is 2. The van der Waals surface area contributed by atoms with Crippen LogP contribution in [0.3, 0.4) is 0 Å². The standard InChI is InChI=1S/C13H15BO3/c1-2-7-17-13-6-4-10-8-12(14(15)16)5-3-11(10)9-13/h3-6,8-9,15-16H,2,7H2,1H3. The van der Waals surface area contributed by atoms with Gasteiger partial charge in [0.2, 0.25) is 0 Å². The highest BCUT2D eigenvalue weighted by molar-refractivity contribution is 6.58. The maximum atomic E-state index is 9.08. The minimum absolute atomic E-state index is 0.500. The van der Waals surface area contributed by atoms with E-state index in [0.29, 0.717) is 12.1 Å². The molecule has 0 aliphatic rings. The van der Waals surface area contributed by atoms with Crippen LogP contribution in [-0.4, -0.2) is 23.8 Å². The highest BCUT2D eigenvalue weighted by Crippen LogP contribution is 2.20. The van der Waals surface area contributed by atoms with Crippen LogP contribution < -0.4 is 10.2 Å². The molecular formula is C13H15BO3. The summed E-state index contributed by atoms with van der Waals surface area (Å²) in [4.78, 5) is 0. The second-order valence-corrected chi connectivity index (χ2v) is 3.99. The van der Waals surface area contributed by atoms with Gasteiger partial charge in [-0.3, -0.25) is 0 Å². The molecule has 17 heavy (non-hydrogen) atoms. The van der Waals surface area contributed by atoms with E-state index in [2.05, 4.69) is 6.92 Å². The second kappa shape index (κ2) is 5.21. The smallest absolute Gasteiger partial charge is 0.488 e. The highest BCUT2D eigenvalue weighted by atomic mass is 16.5. The van der Waals surface area contributed by atoms with Crippen molar-refractivity contribution in [3.05, 3.63) is 36.4 Å². The summed E-state index contributed by atoms with van der Waals surface area (Å²) >= 11 is 0. The van der Waals surface area contributed by atoms with E-state index in [1.165, 1.54) is 0 Å². The molecule has 0 bridgehead atoms. The third-order valence-electron chi connectivity index (χ3n) is 2.61. The Balaban J connectivity index is 2.33. The zero-order chi connectivity index (χ0) is 12.3. The number of fused-ring (bicyclic) bond motifs is 1. The van der Waals surface area contributed by atoms with Gasteiger partial charge in [-0.1, -0.05) is 31.2 Å². The molecule has 0 amide bonds. The average molecular weight is 230 g/mol. The summed E-state index contributed by atoms with van der Waals surface area (Å²) in [5.41, 5.74) is 0.500. The van der Waals surface area contributed by atoms with Crippen molar-refractivity contribution in [3.8, 4) is 5.75 Å². The van der Waals surface area contributed by atoms with E-state index in [0.717, 1.165) is 22.9 Å². The molecule has 2 aromatic rings. The predicted molar refractivity (Wildman–Crippen MR) is 69.6 cm³/mol. The summed E-state index contributed by atoms with van der Waals surface area (Å²) < 4.78 is 5.54. The quantitative estimate of drug-likeness (QED) is 0.778. The Kier molecular flexibility index (Phi) is 3.66. The summed E-state index contributed by atoms with van der Waals surface area (Å²) in [5, 5.41) is 20.2. The topological polar surface area (TPSA) is 49.7 Å². The van der Waals surface area contributed by atoms with Gasteiger partial charge in [-0.25, -0.2) is 0 Å². The van der Waals surface area contributed by atoms with Gasteiger partial charge in [0.1, 0.15) is 5.75 Å². The molecular weight excluding hydrogens is 215 g/mol. The van der Waals surface area contributed by atoms with Gasteiger partial charge in [0.25, 0.3) is 0 Å². The summed E-state index contributed by atoms with van der Waals surface area (Å²) in [5.74, 6) is 0.844. The van der Waals surface area contributed by atoms with Crippen molar-refractivity contribution in [2.45, 2.75) is 13.3 Å². The Hall–Kier alpha value is -1.52. The van der Waals surface area contributed by atoms with Gasteiger partial charge in [-0.15, -0.1) is 0 Å². The molecule has 0 aliphatic carbocycles. The number of rotatable bonds is 4. The normalized spacial score (nSPS) is 10.5. The SMILES string of the molecule is CCCOc1ccc2cc(B(O)O)ccc2c1. The van der Waals surface area contributed by atoms with Crippen molar-refractivity contribution in [3.63, 3.8) is 0 Å². The van der Waals surface area contributed by atoms with Crippen molar-refractivity contribution >= 4 is 23.4 Å². The summed E-state index contributed by atoms with van der Waals surface area (Å²) in [6.45, 7) is 2.77. The lowest BCUT2D eigenvalue weighted by Gasteiger charge is -2.07. The molecule has 0 fully saturated rings. The van der Waals surface area contributed by atoms with Crippen LogP contribution in [0.15, 0.2) is 36.4 Å². The fourth-order valence-electron chi connectivity index (χ4n) is 1.71. The van der Waals surface area contributed by atoms with Crippen LogP contribution in [0.4, 0.5) is 0 Å². The van der Waals surface area contributed by atoms with Crippen LogP contribution >= 0.6 is 0 Å². The zero-order valence-electron chi connectivity index (χ0n) is 9.76. The fourth-order valence-corrected chi connectivity index (χ4v) is 1.71. The molecule has 0 spiro atoms. The third-order valence-corrected chi connectivity index (χ3v) is 2.61. The van der Waals surface area contributed by atoms with Gasteiger partial charge in [0.15, 0.2) is 0 Å². The van der Waals surface area contributed by atoms with Gasteiger partial charge in [-0.05, 0) is 34.8 Å². The molecule has 2 rings (SSSR count). The predicted octanol–water partition coefficient (Wildman–Crippen LogP) is 1.31. The molecule has 3 nitrogen and oxygen atoms in total. The fraction of sp³-hybridized carbons (Fsp3) is 0.231. The first kappa shape index (κ1) is 12.0. The molecule has 88 valence electrons. The Bertz CT molecular complexity index is 511. The van der Waals surface area contributed by atoms with Crippen molar-refractivity contribution in [2.24, 2.45) is 0 Å². The lowest BCUT2D eigenvalue weighted by molar-refractivity contribution is 0.318. The van der Waals surface area contributed by atoms with E-state index < -0.39 is 7.12 Å². The first-order valence-corrected chi connectivity index (χ1v) is 5.73. The number of ether oxygens (including phenoxy) is 1. The molecule has 0 atom stereocenters. The van der Waals surface area contributed by atoms with Gasteiger partial charge in [0, 0.05) is 0 Å². The van der Waals surface area contributed by atoms with E-state index in [4.69, 9.17) is 14.8 Å². The number of hydrogen-bond acceptors (Lipinski definition) is 3. The molecule has 0 saturated carbocycles. The van der Waals surface area contributed by atoms with Crippen molar-refractivity contribution < 1.29 is 14.8 Å². The van der Waals surface area contributed by atoms with Crippen LogP contribution in [0.25, 0.3) is 10.8 Å². The molecule has 2 N–H and O–H groups in total. The number of hydrogen-bond donors (Lipinski definition) is 2. The van der Waals surface area contributed by atoms with Gasteiger partial charge >= 0.3 is 7.12 Å². The monoisotopic (exact) mass is 230 g/mol. The van der Waals surface area contributed by atoms with Gasteiger partial charge in [-0.2, -0.15) is 0 Å². The Morgan fingerprint density at radius 1 is 1.06 bits per heavy atom. The van der Waals surface area contributed by atoms with Crippen LogP contribution in [0.5, 0.6) is 5.75 Å². The van der Waals surface area contributed by atoms with Crippen molar-refractivity contribution in [1.29, 1.82) is 0 Å². The highest BCUT2D eigenvalue weighted by Gasteiger charge is 2.10. The Morgan fingerprint density at radius 3 is 2.47 bits per heavy atom. The molecule has 4 heteroatoms. The van der Waals surface area contributed by atoms with Gasteiger partial charge in [0.05, 0.1) is 6.61 Å². The maximum Gasteiger partial charge on any atom is 0.488 e. The molecule has 0 aliphatic heterocycles. The summed E-state index contributed by atoms with van der Waals surface area (Å²) in [6.07, 6.45) is 0.980. The largest absolute Gasteiger partial charge is 0.494 e. The van der Waals surface area contributed by atoms with E-state index in [1.54, 1.807) is 12.1 Å². The average Bonchev–Trinajstić information content (AvgIpc) is 2.35. The summed E-state index contributed by atoms with van der Waals surface area (Å²) in [6, 6.07) is 11.1. The van der Waals surface area contributed by atoms with E-state index in [-0.39, 0.29) is 0 Å². The second-order valence-electron chi connectivity index (χ2n) is 3.99. The van der Waals surface area contributed by atoms with E-state index >= 15 is 0 Å². The Morgan fingerprint density at radius 2 is 1.76 bits per heavy atom. The van der Waals surface area contributed by atoms with E-state index in [9.17, 15) is 0 Å². The first-order valence-electron chi connectivity index (χ1n) is 5.73. The lowest BCUT2D eigenvalue weighted by atomic mass is 9.79. The first-order chi connectivity index (χ1) is 8.20. The minimum Gasteiger partial charge on any atom is -0.494 e. The minimum atomic E-state index is -1.42. The van der Waals surface area contributed by atoms with Crippen LogP contribution in [0, 0.1) is 0 Å². The van der Waals surface area contributed by atoms with Crippen LogP contribution in [0.2, 0.25) is 0 Å². The molecule has 0 aromatic heterocycles.